The van der Waals surface area contributed by atoms with Crippen LogP contribution in [0.2, 0.25) is 0 Å². The average Bonchev–Trinajstić information content (AvgIpc) is 3.57. The second-order valence-corrected chi connectivity index (χ2v) is 8.33. The number of carboxylic acid groups (broad SMARTS) is 1. The molecule has 1 amide bonds. The van der Waals surface area contributed by atoms with Crippen LogP contribution in [0.5, 0.6) is 0 Å². The number of hydrogen-bond acceptors (Lipinski definition) is 5. The summed E-state index contributed by atoms with van der Waals surface area (Å²) in [5, 5.41) is 14.2. The van der Waals surface area contributed by atoms with E-state index in [1.807, 2.05) is 78.9 Å². The number of amides is 1. The maximum Gasteiger partial charge on any atom is 1.00 e. The Bertz CT molecular complexity index is 1310. The van der Waals surface area contributed by atoms with Crippen molar-refractivity contribution in [3.63, 3.8) is 0 Å². The quantitative estimate of drug-likeness (QED) is 0.404. The minimum atomic E-state index is -1.00. The number of carbonyl (C=O) groups is 2. The summed E-state index contributed by atoms with van der Waals surface area (Å²) in [5.74, 6) is -0.509. The Labute approximate surface area is 225 Å². The Morgan fingerprint density at radius 1 is 0.943 bits per heavy atom. The first-order chi connectivity index (χ1) is 16.5. The van der Waals surface area contributed by atoms with E-state index < -0.39 is 17.5 Å². The molecule has 1 fully saturated rings. The van der Waals surface area contributed by atoms with E-state index in [2.05, 4.69) is 10.3 Å². The molecule has 7 nitrogen and oxygen atoms in total. The number of aliphatic carboxylic acids is 1. The van der Waals surface area contributed by atoms with Crippen molar-refractivity contribution < 1.29 is 49.0 Å². The summed E-state index contributed by atoms with van der Waals surface area (Å²) in [5.41, 5.74) is 3.69. The van der Waals surface area contributed by atoms with Crippen molar-refractivity contribution in [2.75, 3.05) is 5.32 Å². The van der Waals surface area contributed by atoms with Crippen LogP contribution < -0.4 is 40.0 Å². The number of carbonyl (C=O) groups excluding carboxylic acids is 2. The average molecular weight is 475 g/mol. The van der Waals surface area contributed by atoms with E-state index in [0.29, 0.717) is 18.7 Å². The summed E-state index contributed by atoms with van der Waals surface area (Å²) < 4.78 is 7.05. The normalized spacial score (nSPS) is 13.4. The Kier molecular flexibility index (Phi) is 7.40. The summed E-state index contributed by atoms with van der Waals surface area (Å²) in [6, 6.07) is 24.8. The standard InChI is InChI=1S/C27H23N3O4.Na/c31-25(32)27(14-15-27)22-10-6-20(7-11-22)21-8-12-23(13-9-21)30-18-28-16-24(30)29-26(33)34-17-19-4-2-1-3-5-19;/h1-13,16,18H,14-15,17H2,(H,29,33)(H,31,32);/q;+1/p-1. The van der Waals surface area contributed by atoms with Crippen molar-refractivity contribution in [1.29, 1.82) is 0 Å². The molecule has 8 heteroatoms. The van der Waals surface area contributed by atoms with Gasteiger partial charge in [0, 0.05) is 11.1 Å². The number of nitrogens with one attached hydrogen (secondary N) is 1. The van der Waals surface area contributed by atoms with E-state index in [1.165, 1.54) is 0 Å². The summed E-state index contributed by atoms with van der Waals surface area (Å²) in [7, 11) is 0. The van der Waals surface area contributed by atoms with Gasteiger partial charge in [-0.25, -0.2) is 9.78 Å². The second kappa shape index (κ2) is 10.5. The van der Waals surface area contributed by atoms with E-state index in [9.17, 15) is 14.7 Å². The van der Waals surface area contributed by atoms with Crippen molar-refractivity contribution in [3.05, 3.63) is 103 Å². The minimum absolute atomic E-state index is 0. The molecule has 0 radical (unpaired) electrons. The van der Waals surface area contributed by atoms with E-state index in [1.54, 1.807) is 17.1 Å². The molecule has 1 N–H and O–H groups in total. The topological polar surface area (TPSA) is 96.3 Å². The maximum absolute atomic E-state index is 12.2. The first kappa shape index (κ1) is 24.7. The van der Waals surface area contributed by atoms with Gasteiger partial charge in [-0.15, -0.1) is 0 Å². The molecule has 1 aliphatic carbocycles. The van der Waals surface area contributed by atoms with Crippen molar-refractivity contribution in [2.24, 2.45) is 0 Å². The number of benzene rings is 3. The van der Waals surface area contributed by atoms with Gasteiger partial charge in [0.1, 0.15) is 18.8 Å². The van der Waals surface area contributed by atoms with Crippen LogP contribution in [0.15, 0.2) is 91.4 Å². The molecule has 4 aromatic rings. The van der Waals surface area contributed by atoms with Gasteiger partial charge in [0.25, 0.3) is 0 Å². The molecule has 3 aromatic carbocycles. The van der Waals surface area contributed by atoms with E-state index in [4.69, 9.17) is 4.74 Å². The SMILES string of the molecule is O=C(Nc1cncn1-c1ccc(-c2ccc(C3(C(=O)[O-])CC3)cc2)cc1)OCc1ccccc1.[Na+]. The van der Waals surface area contributed by atoms with Crippen LogP contribution in [0.1, 0.15) is 24.0 Å². The molecule has 170 valence electrons. The molecule has 0 atom stereocenters. The van der Waals surface area contributed by atoms with Gasteiger partial charge >= 0.3 is 35.7 Å². The number of nitrogens with zero attached hydrogens (tertiary/aromatic N) is 2. The van der Waals surface area contributed by atoms with Gasteiger partial charge in [-0.1, -0.05) is 66.7 Å². The van der Waals surface area contributed by atoms with Crippen molar-refractivity contribution in [3.8, 4) is 16.8 Å². The number of rotatable bonds is 7. The van der Waals surface area contributed by atoms with Gasteiger partial charge in [0.05, 0.1) is 12.2 Å². The molecule has 0 unspecified atom stereocenters. The van der Waals surface area contributed by atoms with Gasteiger partial charge < -0.3 is 14.6 Å². The number of imidazole rings is 1. The van der Waals surface area contributed by atoms with Crippen LogP contribution in [0.3, 0.4) is 0 Å². The monoisotopic (exact) mass is 475 g/mol. The molecule has 1 aromatic heterocycles. The van der Waals surface area contributed by atoms with Crippen LogP contribution >= 0.6 is 0 Å². The summed E-state index contributed by atoms with van der Waals surface area (Å²) in [6.45, 7) is 0.179. The second-order valence-electron chi connectivity index (χ2n) is 8.33. The van der Waals surface area contributed by atoms with Crippen LogP contribution in [-0.2, 0) is 21.6 Å². The zero-order chi connectivity index (χ0) is 23.5. The fourth-order valence-corrected chi connectivity index (χ4v) is 3.99. The Morgan fingerprint density at radius 3 is 2.17 bits per heavy atom. The predicted octanol–water partition coefficient (Wildman–Crippen LogP) is 1.07. The molecule has 0 saturated heterocycles. The van der Waals surface area contributed by atoms with E-state index in [-0.39, 0.29) is 36.2 Å². The van der Waals surface area contributed by atoms with Crippen molar-refractivity contribution in [1.82, 2.24) is 9.55 Å². The third-order valence-electron chi connectivity index (χ3n) is 6.14. The Morgan fingerprint density at radius 2 is 1.57 bits per heavy atom. The first-order valence-electron chi connectivity index (χ1n) is 11.0. The maximum atomic E-state index is 12.2. The minimum Gasteiger partial charge on any atom is -0.549 e. The fraction of sp³-hybridized carbons (Fsp3) is 0.148. The molecule has 5 rings (SSSR count). The summed E-state index contributed by atoms with van der Waals surface area (Å²) in [4.78, 5) is 27.8. The van der Waals surface area contributed by atoms with E-state index in [0.717, 1.165) is 27.9 Å². The third-order valence-corrected chi connectivity index (χ3v) is 6.14. The summed E-state index contributed by atoms with van der Waals surface area (Å²) >= 11 is 0. The molecule has 1 saturated carbocycles. The predicted molar refractivity (Wildman–Crippen MR) is 125 cm³/mol. The number of hydrogen-bond donors (Lipinski definition) is 1. The third kappa shape index (κ3) is 5.32. The number of carboxylic acids is 1. The Hall–Kier alpha value is -3.39. The largest absolute Gasteiger partial charge is 1.00 e. The fourth-order valence-electron chi connectivity index (χ4n) is 3.99. The van der Waals surface area contributed by atoms with Crippen LogP contribution in [0.4, 0.5) is 10.6 Å². The van der Waals surface area contributed by atoms with Gasteiger partial charge in [-0.2, -0.15) is 0 Å². The smallest absolute Gasteiger partial charge is 0.549 e. The van der Waals surface area contributed by atoms with E-state index >= 15 is 0 Å². The van der Waals surface area contributed by atoms with Gasteiger partial charge in [0.2, 0.25) is 0 Å². The molecule has 1 aliphatic rings. The molecule has 35 heavy (non-hydrogen) atoms. The number of ether oxygens (including phenoxy) is 1. The molecule has 0 aliphatic heterocycles. The van der Waals surface area contributed by atoms with Gasteiger partial charge in [-0.05, 0) is 47.2 Å². The number of aromatic nitrogens is 2. The first-order valence-corrected chi connectivity index (χ1v) is 11.0. The molecule has 0 bridgehead atoms. The molecular formula is C27H22N3NaO4. The van der Waals surface area contributed by atoms with Crippen LogP contribution in [0.25, 0.3) is 16.8 Å². The van der Waals surface area contributed by atoms with Crippen LogP contribution in [0, 0.1) is 0 Å². The zero-order valence-corrected chi connectivity index (χ0v) is 21.3. The molecule has 0 spiro atoms. The Balaban J connectivity index is 0.00000289. The van der Waals surface area contributed by atoms with Gasteiger partial charge in [0.15, 0.2) is 0 Å². The summed E-state index contributed by atoms with van der Waals surface area (Å²) in [6.07, 6.45) is 3.87. The van der Waals surface area contributed by atoms with Crippen molar-refractivity contribution in [2.45, 2.75) is 24.9 Å². The molecule has 1 heterocycles. The van der Waals surface area contributed by atoms with Crippen LogP contribution in [-0.4, -0.2) is 21.6 Å². The zero-order valence-electron chi connectivity index (χ0n) is 19.3. The number of anilines is 1. The van der Waals surface area contributed by atoms with Crippen molar-refractivity contribution >= 4 is 17.9 Å². The van der Waals surface area contributed by atoms with Gasteiger partial charge in [-0.3, -0.25) is 9.88 Å². The molecular weight excluding hydrogens is 453 g/mol.